The number of nitrogens with zero attached hydrogens (tertiary/aromatic N) is 1. The second-order valence-corrected chi connectivity index (χ2v) is 5.97. The van der Waals surface area contributed by atoms with Gasteiger partial charge in [-0.25, -0.2) is 0 Å². The predicted molar refractivity (Wildman–Crippen MR) is 85.1 cm³/mol. The molecule has 0 atom stereocenters. The van der Waals surface area contributed by atoms with E-state index in [4.69, 9.17) is 0 Å². The minimum absolute atomic E-state index is 0.0454. The topological polar surface area (TPSA) is 76.7 Å². The van der Waals surface area contributed by atoms with Crippen molar-refractivity contribution >= 4 is 17.3 Å². The molecule has 1 aromatic carbocycles. The summed E-state index contributed by atoms with van der Waals surface area (Å²) < 4.78 is 0. The number of quaternary nitrogens is 1. The van der Waals surface area contributed by atoms with E-state index in [1.54, 1.807) is 19.1 Å². The Morgan fingerprint density at radius 1 is 1.23 bits per heavy atom. The predicted octanol–water partition coefficient (Wildman–Crippen LogP) is 1.69. The maximum Gasteiger partial charge on any atom is 0.293 e. The van der Waals surface area contributed by atoms with Gasteiger partial charge in [0.2, 0.25) is 0 Å². The van der Waals surface area contributed by atoms with Crippen LogP contribution in [0.4, 0.5) is 11.4 Å². The molecule has 120 valence electrons. The monoisotopic (exact) mass is 306 g/mol. The normalized spacial score (nSPS) is 16.6. The third-order valence-corrected chi connectivity index (χ3v) is 4.18. The lowest BCUT2D eigenvalue weighted by molar-refractivity contribution is -0.892. The van der Waals surface area contributed by atoms with Crippen LogP contribution in [0.25, 0.3) is 0 Å². The molecule has 0 radical (unpaired) electrons. The maximum absolute atomic E-state index is 12.3. The van der Waals surface area contributed by atoms with E-state index in [0.29, 0.717) is 17.8 Å². The zero-order chi connectivity index (χ0) is 15.9. The fourth-order valence-electron chi connectivity index (χ4n) is 2.96. The number of amides is 1. The summed E-state index contributed by atoms with van der Waals surface area (Å²) >= 11 is 0. The van der Waals surface area contributed by atoms with Crippen LogP contribution in [0.3, 0.4) is 0 Å². The number of anilines is 1. The molecule has 1 aliphatic heterocycles. The molecule has 1 aromatic rings. The molecule has 1 amide bonds. The summed E-state index contributed by atoms with van der Waals surface area (Å²) in [5.74, 6) is -0.145. The number of aryl methyl sites for hydroxylation is 1. The Hall–Kier alpha value is -1.95. The largest absolute Gasteiger partial charge is 0.327 e. The van der Waals surface area contributed by atoms with Gasteiger partial charge in [-0.1, -0.05) is 18.6 Å². The maximum atomic E-state index is 12.3. The summed E-state index contributed by atoms with van der Waals surface area (Å²) in [6.45, 7) is 4.16. The molecule has 6 heteroatoms. The van der Waals surface area contributed by atoms with Gasteiger partial charge in [0.15, 0.2) is 6.54 Å². The van der Waals surface area contributed by atoms with Crippen molar-refractivity contribution < 1.29 is 14.6 Å². The molecule has 2 N–H and O–H groups in total. The van der Waals surface area contributed by atoms with E-state index in [2.05, 4.69) is 5.32 Å². The van der Waals surface area contributed by atoms with Gasteiger partial charge in [0, 0.05) is 6.07 Å². The van der Waals surface area contributed by atoms with E-state index in [-0.39, 0.29) is 11.6 Å². The van der Waals surface area contributed by atoms with Crippen LogP contribution in [0.15, 0.2) is 18.2 Å². The molecular formula is C16H24N3O3+. The van der Waals surface area contributed by atoms with Crippen molar-refractivity contribution in [3.05, 3.63) is 33.9 Å². The van der Waals surface area contributed by atoms with Crippen molar-refractivity contribution in [1.29, 1.82) is 0 Å². The van der Waals surface area contributed by atoms with Crippen LogP contribution in [0.1, 0.15) is 37.7 Å². The number of benzene rings is 1. The Morgan fingerprint density at radius 2 is 1.86 bits per heavy atom. The third kappa shape index (κ3) is 4.53. The van der Waals surface area contributed by atoms with Gasteiger partial charge >= 0.3 is 0 Å². The summed E-state index contributed by atoms with van der Waals surface area (Å²) in [6, 6.07) is 4.82. The van der Waals surface area contributed by atoms with E-state index >= 15 is 0 Å². The first kappa shape index (κ1) is 16.4. The number of rotatable bonds is 4. The highest BCUT2D eigenvalue weighted by atomic mass is 16.6. The molecule has 0 saturated carbocycles. The number of carbonyl (C=O) groups excluding carboxylic acids is 1. The lowest BCUT2D eigenvalue weighted by Gasteiger charge is -2.21. The molecule has 1 saturated heterocycles. The van der Waals surface area contributed by atoms with Crippen LogP contribution < -0.4 is 10.2 Å². The van der Waals surface area contributed by atoms with Crippen molar-refractivity contribution in [2.75, 3.05) is 25.0 Å². The summed E-state index contributed by atoms with van der Waals surface area (Å²) in [6.07, 6.45) is 6.04. The number of nitrogens with one attached hydrogen (secondary N) is 2. The third-order valence-electron chi connectivity index (χ3n) is 4.18. The molecule has 0 aliphatic carbocycles. The molecule has 22 heavy (non-hydrogen) atoms. The molecule has 0 unspecified atom stereocenters. The number of hydrogen-bond acceptors (Lipinski definition) is 3. The van der Waals surface area contributed by atoms with Crippen molar-refractivity contribution in [3.63, 3.8) is 0 Å². The number of likely N-dealkylation sites (tertiary alicyclic amines) is 1. The molecule has 1 fully saturated rings. The SMILES string of the molecule is Cc1cccc([N+](=O)[O-])c1NC(=O)C[NH+]1CCCCCCC1. The molecule has 1 aliphatic rings. The van der Waals surface area contributed by atoms with Gasteiger partial charge in [0.25, 0.3) is 11.6 Å². The molecule has 0 aromatic heterocycles. The number of carbonyl (C=O) groups is 1. The summed E-state index contributed by atoms with van der Waals surface area (Å²) in [5.41, 5.74) is 0.991. The Kier molecular flexibility index (Phi) is 5.89. The van der Waals surface area contributed by atoms with Crippen LogP contribution in [0, 0.1) is 17.0 Å². The fraction of sp³-hybridized carbons (Fsp3) is 0.562. The van der Waals surface area contributed by atoms with Crippen molar-refractivity contribution in [3.8, 4) is 0 Å². The van der Waals surface area contributed by atoms with Gasteiger partial charge in [-0.05, 0) is 38.2 Å². The van der Waals surface area contributed by atoms with Gasteiger partial charge in [-0.15, -0.1) is 0 Å². The average molecular weight is 306 g/mol. The van der Waals surface area contributed by atoms with Gasteiger partial charge in [-0.2, -0.15) is 0 Å². The quantitative estimate of drug-likeness (QED) is 0.656. The number of para-hydroxylation sites is 1. The molecular weight excluding hydrogens is 282 g/mol. The Labute approximate surface area is 130 Å². The minimum atomic E-state index is -0.453. The Balaban J connectivity index is 2.01. The second kappa shape index (κ2) is 7.89. The highest BCUT2D eigenvalue weighted by Gasteiger charge is 2.21. The van der Waals surface area contributed by atoms with Gasteiger partial charge < -0.3 is 10.2 Å². The lowest BCUT2D eigenvalue weighted by atomic mass is 10.1. The van der Waals surface area contributed by atoms with Crippen LogP contribution in [-0.4, -0.2) is 30.5 Å². The van der Waals surface area contributed by atoms with Crippen LogP contribution in [0.5, 0.6) is 0 Å². The minimum Gasteiger partial charge on any atom is -0.327 e. The van der Waals surface area contributed by atoms with Crippen LogP contribution >= 0.6 is 0 Å². The van der Waals surface area contributed by atoms with E-state index in [0.717, 1.165) is 25.9 Å². The van der Waals surface area contributed by atoms with E-state index in [9.17, 15) is 14.9 Å². The second-order valence-electron chi connectivity index (χ2n) is 5.97. The standard InChI is InChI=1S/C16H23N3O3/c1-13-8-7-9-14(19(21)22)16(13)17-15(20)12-18-10-5-3-2-4-6-11-18/h7-9H,2-6,10-12H2,1H3,(H,17,20)/p+1. The first-order valence-corrected chi connectivity index (χ1v) is 7.95. The van der Waals surface area contributed by atoms with Crippen molar-refractivity contribution in [2.24, 2.45) is 0 Å². The number of nitro benzene ring substituents is 1. The van der Waals surface area contributed by atoms with E-state index < -0.39 is 4.92 Å². The lowest BCUT2D eigenvalue weighted by Crippen LogP contribution is -3.13. The first-order valence-electron chi connectivity index (χ1n) is 7.95. The zero-order valence-electron chi connectivity index (χ0n) is 13.1. The smallest absolute Gasteiger partial charge is 0.293 e. The zero-order valence-corrected chi connectivity index (χ0v) is 13.1. The van der Waals surface area contributed by atoms with Crippen LogP contribution in [0.2, 0.25) is 0 Å². The highest BCUT2D eigenvalue weighted by molar-refractivity contribution is 5.94. The Bertz CT molecular complexity index is 537. The van der Waals surface area contributed by atoms with Crippen LogP contribution in [-0.2, 0) is 4.79 Å². The summed E-state index contributed by atoms with van der Waals surface area (Å²) in [4.78, 5) is 24.1. The number of nitro groups is 1. The van der Waals surface area contributed by atoms with Gasteiger partial charge in [0.05, 0.1) is 18.0 Å². The van der Waals surface area contributed by atoms with Crippen molar-refractivity contribution in [1.82, 2.24) is 0 Å². The molecule has 6 nitrogen and oxygen atoms in total. The molecule has 0 spiro atoms. The molecule has 1 heterocycles. The van der Waals surface area contributed by atoms with E-state index in [1.165, 1.54) is 30.2 Å². The van der Waals surface area contributed by atoms with Gasteiger partial charge in [-0.3, -0.25) is 14.9 Å². The van der Waals surface area contributed by atoms with Crippen molar-refractivity contribution in [2.45, 2.75) is 39.0 Å². The first-order chi connectivity index (χ1) is 10.6. The number of hydrogen-bond donors (Lipinski definition) is 2. The molecule has 2 rings (SSSR count). The van der Waals surface area contributed by atoms with Gasteiger partial charge in [0.1, 0.15) is 5.69 Å². The summed E-state index contributed by atoms with van der Waals surface area (Å²) in [5, 5.41) is 13.8. The molecule has 0 bridgehead atoms. The Morgan fingerprint density at radius 3 is 2.50 bits per heavy atom. The average Bonchev–Trinajstić information content (AvgIpc) is 2.43. The summed E-state index contributed by atoms with van der Waals surface area (Å²) in [7, 11) is 0. The fourth-order valence-corrected chi connectivity index (χ4v) is 2.96. The highest BCUT2D eigenvalue weighted by Crippen LogP contribution is 2.27. The van der Waals surface area contributed by atoms with E-state index in [1.807, 2.05) is 0 Å².